The average Bonchev–Trinajstić information content (AvgIpc) is 2.54. The summed E-state index contributed by atoms with van der Waals surface area (Å²) < 4.78 is 19.3. The maximum Gasteiger partial charge on any atom is 0.123 e. The Labute approximate surface area is 144 Å². The normalized spacial score (nSPS) is 13.6. The first-order chi connectivity index (χ1) is 11.0. The van der Waals surface area contributed by atoms with Crippen LogP contribution >= 0.6 is 15.9 Å². The van der Waals surface area contributed by atoms with Crippen molar-refractivity contribution in [1.82, 2.24) is 5.32 Å². The number of rotatable bonds is 8. The summed E-state index contributed by atoms with van der Waals surface area (Å²) in [7, 11) is 0. The molecule has 124 valence electrons. The van der Waals surface area contributed by atoms with Gasteiger partial charge in [0.05, 0.1) is 0 Å². The summed E-state index contributed by atoms with van der Waals surface area (Å²) in [5, 5.41) is 13.2. The van der Waals surface area contributed by atoms with Crippen molar-refractivity contribution >= 4 is 15.9 Å². The van der Waals surface area contributed by atoms with Crippen molar-refractivity contribution in [2.45, 2.75) is 18.9 Å². The Morgan fingerprint density at radius 2 is 1.91 bits per heavy atom. The van der Waals surface area contributed by atoms with Crippen LogP contribution in [0.3, 0.4) is 0 Å². The highest BCUT2D eigenvalue weighted by atomic mass is 79.9. The topological polar surface area (TPSA) is 41.5 Å². The lowest BCUT2D eigenvalue weighted by molar-refractivity contribution is 0.106. The van der Waals surface area contributed by atoms with Crippen molar-refractivity contribution in [2.75, 3.05) is 19.7 Å². The van der Waals surface area contributed by atoms with Crippen LogP contribution in [0.15, 0.2) is 53.0 Å². The third kappa shape index (κ3) is 6.29. The number of hydrogen-bond donors (Lipinski definition) is 2. The zero-order valence-corrected chi connectivity index (χ0v) is 14.6. The van der Waals surface area contributed by atoms with Crippen LogP contribution in [0, 0.1) is 5.82 Å². The van der Waals surface area contributed by atoms with Gasteiger partial charge < -0.3 is 15.2 Å². The molecule has 2 atom stereocenters. The van der Waals surface area contributed by atoms with E-state index < -0.39 is 6.10 Å². The van der Waals surface area contributed by atoms with Crippen molar-refractivity contribution in [2.24, 2.45) is 0 Å². The van der Waals surface area contributed by atoms with Crippen LogP contribution in [-0.2, 0) is 0 Å². The van der Waals surface area contributed by atoms with Crippen LogP contribution in [0.25, 0.3) is 0 Å². The lowest BCUT2D eigenvalue weighted by Gasteiger charge is -2.16. The van der Waals surface area contributed by atoms with E-state index in [0.717, 1.165) is 11.0 Å². The number of nitrogens with one attached hydrogen (secondary N) is 1. The van der Waals surface area contributed by atoms with Crippen LogP contribution in [-0.4, -0.2) is 30.9 Å². The summed E-state index contributed by atoms with van der Waals surface area (Å²) in [6.07, 6.45) is -0.616. The highest BCUT2D eigenvalue weighted by Gasteiger charge is 2.09. The van der Waals surface area contributed by atoms with Crippen LogP contribution in [0.5, 0.6) is 5.75 Å². The van der Waals surface area contributed by atoms with E-state index in [-0.39, 0.29) is 12.4 Å². The van der Waals surface area contributed by atoms with Crippen molar-refractivity contribution in [3.8, 4) is 5.75 Å². The SMILES string of the molecule is CC(CNCC(O)COc1ccc(F)cc1)c1cccc(Br)c1. The monoisotopic (exact) mass is 381 g/mol. The van der Waals surface area contributed by atoms with Gasteiger partial charge in [0.2, 0.25) is 0 Å². The van der Waals surface area contributed by atoms with Gasteiger partial charge in [-0.05, 0) is 47.9 Å². The van der Waals surface area contributed by atoms with E-state index in [2.05, 4.69) is 40.3 Å². The molecule has 0 saturated heterocycles. The molecule has 23 heavy (non-hydrogen) atoms. The second kappa shape index (κ2) is 9.01. The van der Waals surface area contributed by atoms with Gasteiger partial charge in [0.15, 0.2) is 0 Å². The van der Waals surface area contributed by atoms with Gasteiger partial charge in [-0.15, -0.1) is 0 Å². The highest BCUT2D eigenvalue weighted by molar-refractivity contribution is 9.10. The highest BCUT2D eigenvalue weighted by Crippen LogP contribution is 2.19. The molecule has 0 bridgehead atoms. The van der Waals surface area contributed by atoms with E-state index >= 15 is 0 Å². The first kappa shape index (κ1) is 17.9. The number of aliphatic hydroxyl groups is 1. The molecule has 2 N–H and O–H groups in total. The van der Waals surface area contributed by atoms with Crippen LogP contribution in [0.2, 0.25) is 0 Å². The molecule has 0 heterocycles. The zero-order chi connectivity index (χ0) is 16.7. The molecular weight excluding hydrogens is 361 g/mol. The quantitative estimate of drug-likeness (QED) is 0.731. The van der Waals surface area contributed by atoms with E-state index in [1.807, 2.05) is 12.1 Å². The second-order valence-corrected chi connectivity index (χ2v) is 6.45. The first-order valence-electron chi connectivity index (χ1n) is 7.57. The van der Waals surface area contributed by atoms with Crippen molar-refractivity contribution < 1.29 is 14.2 Å². The predicted octanol–water partition coefficient (Wildman–Crippen LogP) is 3.72. The zero-order valence-electron chi connectivity index (χ0n) is 13.0. The molecule has 0 aromatic heterocycles. The average molecular weight is 382 g/mol. The Balaban J connectivity index is 1.68. The molecular formula is C18H21BrFNO2. The lowest BCUT2D eigenvalue weighted by atomic mass is 10.0. The van der Waals surface area contributed by atoms with Gasteiger partial charge >= 0.3 is 0 Å². The van der Waals surface area contributed by atoms with E-state index in [9.17, 15) is 9.50 Å². The Morgan fingerprint density at radius 3 is 2.61 bits per heavy atom. The molecule has 0 fully saturated rings. The third-order valence-electron chi connectivity index (χ3n) is 3.50. The summed E-state index contributed by atoms with van der Waals surface area (Å²) in [6, 6.07) is 14.0. The molecule has 3 nitrogen and oxygen atoms in total. The third-order valence-corrected chi connectivity index (χ3v) is 4.00. The largest absolute Gasteiger partial charge is 0.491 e. The van der Waals surface area contributed by atoms with Crippen molar-refractivity contribution in [3.63, 3.8) is 0 Å². The van der Waals surface area contributed by atoms with E-state index in [4.69, 9.17) is 4.74 Å². The molecule has 2 rings (SSSR count). The minimum atomic E-state index is -0.616. The molecule has 0 aliphatic rings. The molecule has 5 heteroatoms. The minimum absolute atomic E-state index is 0.171. The van der Waals surface area contributed by atoms with Crippen LogP contribution in [0.4, 0.5) is 4.39 Å². The minimum Gasteiger partial charge on any atom is -0.491 e. The number of ether oxygens (including phenoxy) is 1. The molecule has 0 aliphatic carbocycles. The first-order valence-corrected chi connectivity index (χ1v) is 8.36. The van der Waals surface area contributed by atoms with Gasteiger partial charge in [0, 0.05) is 17.6 Å². The van der Waals surface area contributed by atoms with Gasteiger partial charge in [-0.2, -0.15) is 0 Å². The lowest BCUT2D eigenvalue weighted by Crippen LogP contribution is -2.33. The molecule has 0 aliphatic heterocycles. The number of benzene rings is 2. The molecule has 2 aromatic carbocycles. The fourth-order valence-corrected chi connectivity index (χ4v) is 2.60. The molecule has 0 amide bonds. The summed E-state index contributed by atoms with van der Waals surface area (Å²) in [6.45, 7) is 3.52. The van der Waals surface area contributed by atoms with Gasteiger partial charge in [0.1, 0.15) is 24.3 Å². The van der Waals surface area contributed by atoms with Crippen LogP contribution < -0.4 is 10.1 Å². The standard InChI is InChI=1S/C18H21BrFNO2/c1-13(14-3-2-4-15(19)9-14)10-21-11-17(22)12-23-18-7-5-16(20)6-8-18/h2-9,13,17,21-22H,10-12H2,1H3. The van der Waals surface area contributed by atoms with Crippen molar-refractivity contribution in [3.05, 3.63) is 64.4 Å². The predicted molar refractivity (Wildman–Crippen MR) is 93.3 cm³/mol. The Kier molecular flexibility index (Phi) is 7.02. The van der Waals surface area contributed by atoms with E-state index in [0.29, 0.717) is 18.2 Å². The number of hydrogen-bond acceptors (Lipinski definition) is 3. The summed E-state index contributed by atoms with van der Waals surface area (Å²) in [4.78, 5) is 0. The molecule has 0 radical (unpaired) electrons. The fraction of sp³-hybridized carbons (Fsp3) is 0.333. The second-order valence-electron chi connectivity index (χ2n) is 5.53. The van der Waals surface area contributed by atoms with Gasteiger partial charge in [-0.3, -0.25) is 0 Å². The van der Waals surface area contributed by atoms with Crippen LogP contribution in [0.1, 0.15) is 18.4 Å². The molecule has 0 saturated carbocycles. The Hall–Kier alpha value is -1.43. The molecule has 0 spiro atoms. The smallest absolute Gasteiger partial charge is 0.123 e. The summed E-state index contributed by atoms with van der Waals surface area (Å²) in [5.41, 5.74) is 1.24. The summed E-state index contributed by atoms with van der Waals surface area (Å²) in [5.74, 6) is 0.590. The Morgan fingerprint density at radius 1 is 1.17 bits per heavy atom. The maximum atomic E-state index is 12.8. The fourth-order valence-electron chi connectivity index (χ4n) is 2.18. The molecule has 2 unspecified atom stereocenters. The van der Waals surface area contributed by atoms with Gasteiger partial charge in [-0.1, -0.05) is 35.0 Å². The maximum absolute atomic E-state index is 12.8. The summed E-state index contributed by atoms with van der Waals surface area (Å²) >= 11 is 3.47. The van der Waals surface area contributed by atoms with Crippen molar-refractivity contribution in [1.29, 1.82) is 0 Å². The Bertz CT molecular complexity index is 606. The number of halogens is 2. The van der Waals surface area contributed by atoms with E-state index in [1.54, 1.807) is 12.1 Å². The molecule has 2 aromatic rings. The van der Waals surface area contributed by atoms with Gasteiger partial charge in [-0.25, -0.2) is 4.39 Å². The van der Waals surface area contributed by atoms with E-state index in [1.165, 1.54) is 17.7 Å². The number of aliphatic hydroxyl groups excluding tert-OH is 1. The van der Waals surface area contributed by atoms with Gasteiger partial charge in [0.25, 0.3) is 0 Å².